The predicted molar refractivity (Wildman–Crippen MR) is 47.9 cm³/mol. The van der Waals surface area contributed by atoms with Gasteiger partial charge in [-0.1, -0.05) is 5.11 Å². The molecular weight excluding hydrogens is 188 g/mol. The maximum atomic E-state index is 10.7. The monoisotopic (exact) mass is 200 g/mol. The predicted octanol–water partition coefficient (Wildman–Crippen LogP) is 1.06. The van der Waals surface area contributed by atoms with Crippen molar-refractivity contribution < 1.29 is 14.6 Å². The van der Waals surface area contributed by atoms with E-state index >= 15 is 0 Å². The SMILES string of the molecule is COC1CC(N=[N+]=[N-])CN(C(=O)O)C1. The van der Waals surface area contributed by atoms with E-state index in [9.17, 15) is 4.79 Å². The topological polar surface area (TPSA) is 98.5 Å². The van der Waals surface area contributed by atoms with Crippen LogP contribution in [0.1, 0.15) is 6.42 Å². The van der Waals surface area contributed by atoms with Gasteiger partial charge in [0.1, 0.15) is 0 Å². The van der Waals surface area contributed by atoms with Gasteiger partial charge in [-0.25, -0.2) is 4.79 Å². The highest BCUT2D eigenvalue weighted by atomic mass is 16.5. The Morgan fingerprint density at radius 1 is 1.71 bits per heavy atom. The molecule has 7 nitrogen and oxygen atoms in total. The molecule has 1 aliphatic heterocycles. The Bertz CT molecular complexity index is 254. The highest BCUT2D eigenvalue weighted by Gasteiger charge is 2.29. The number of azide groups is 1. The molecule has 0 aromatic carbocycles. The van der Waals surface area contributed by atoms with Crippen LogP contribution in [0, 0.1) is 0 Å². The minimum absolute atomic E-state index is 0.185. The van der Waals surface area contributed by atoms with Crippen molar-refractivity contribution in [2.24, 2.45) is 5.11 Å². The molecular formula is C7H12N4O3. The second-order valence-electron chi connectivity index (χ2n) is 3.14. The molecule has 7 heteroatoms. The van der Waals surface area contributed by atoms with Crippen LogP contribution in [0.25, 0.3) is 10.4 Å². The number of likely N-dealkylation sites (tertiary alicyclic amines) is 1. The smallest absolute Gasteiger partial charge is 0.407 e. The van der Waals surface area contributed by atoms with Gasteiger partial charge in [0.2, 0.25) is 0 Å². The first kappa shape index (κ1) is 10.6. The van der Waals surface area contributed by atoms with Crippen LogP contribution in [0.2, 0.25) is 0 Å². The largest absolute Gasteiger partial charge is 0.465 e. The van der Waals surface area contributed by atoms with E-state index in [1.165, 1.54) is 12.0 Å². The van der Waals surface area contributed by atoms with Gasteiger partial charge >= 0.3 is 6.09 Å². The Kier molecular flexibility index (Phi) is 3.55. The molecule has 2 unspecified atom stereocenters. The molecule has 0 bridgehead atoms. The fourth-order valence-electron chi connectivity index (χ4n) is 1.51. The van der Waals surface area contributed by atoms with Crippen molar-refractivity contribution in [1.82, 2.24) is 4.90 Å². The van der Waals surface area contributed by atoms with E-state index in [1.807, 2.05) is 0 Å². The number of rotatable bonds is 2. The lowest BCUT2D eigenvalue weighted by molar-refractivity contribution is 0.0261. The van der Waals surface area contributed by atoms with Crippen molar-refractivity contribution in [3.05, 3.63) is 10.4 Å². The van der Waals surface area contributed by atoms with Crippen molar-refractivity contribution in [2.75, 3.05) is 20.2 Å². The van der Waals surface area contributed by atoms with Crippen LogP contribution in [-0.4, -0.2) is 48.4 Å². The summed E-state index contributed by atoms with van der Waals surface area (Å²) < 4.78 is 5.06. The number of hydrogen-bond acceptors (Lipinski definition) is 3. The highest BCUT2D eigenvalue weighted by Crippen LogP contribution is 2.16. The van der Waals surface area contributed by atoms with Gasteiger partial charge in [0.15, 0.2) is 0 Å². The summed E-state index contributed by atoms with van der Waals surface area (Å²) in [6, 6.07) is -0.324. The fraction of sp³-hybridized carbons (Fsp3) is 0.857. The lowest BCUT2D eigenvalue weighted by atomic mass is 10.0. The summed E-state index contributed by atoms with van der Waals surface area (Å²) >= 11 is 0. The van der Waals surface area contributed by atoms with Crippen LogP contribution in [0.4, 0.5) is 4.79 Å². The number of ether oxygens (including phenoxy) is 1. The number of piperidine rings is 1. The van der Waals surface area contributed by atoms with Crippen molar-refractivity contribution in [2.45, 2.75) is 18.6 Å². The molecule has 0 aromatic heterocycles. The summed E-state index contributed by atoms with van der Waals surface area (Å²) in [4.78, 5) is 14.6. The number of nitrogens with zero attached hydrogens (tertiary/aromatic N) is 4. The molecule has 2 atom stereocenters. The quantitative estimate of drug-likeness (QED) is 0.410. The molecule has 1 aliphatic rings. The Balaban J connectivity index is 2.65. The van der Waals surface area contributed by atoms with E-state index in [4.69, 9.17) is 15.4 Å². The van der Waals surface area contributed by atoms with E-state index in [0.29, 0.717) is 13.0 Å². The van der Waals surface area contributed by atoms with Gasteiger partial charge in [0, 0.05) is 18.6 Å². The molecule has 1 saturated heterocycles. The zero-order chi connectivity index (χ0) is 10.6. The molecule has 1 rings (SSSR count). The Morgan fingerprint density at radius 2 is 2.43 bits per heavy atom. The minimum atomic E-state index is -1.01. The summed E-state index contributed by atoms with van der Waals surface area (Å²) in [6.07, 6.45) is -0.620. The van der Waals surface area contributed by atoms with Crippen molar-refractivity contribution >= 4 is 6.09 Å². The number of hydrogen-bond donors (Lipinski definition) is 1. The van der Waals surface area contributed by atoms with Crippen molar-refractivity contribution in [3.63, 3.8) is 0 Å². The van der Waals surface area contributed by atoms with Crippen LogP contribution in [-0.2, 0) is 4.74 Å². The van der Waals surface area contributed by atoms with Gasteiger partial charge in [-0.15, -0.1) is 0 Å². The molecule has 1 heterocycles. The highest BCUT2D eigenvalue weighted by molar-refractivity contribution is 5.65. The lowest BCUT2D eigenvalue weighted by Gasteiger charge is -2.33. The van der Waals surface area contributed by atoms with E-state index in [2.05, 4.69) is 10.0 Å². The van der Waals surface area contributed by atoms with Gasteiger partial charge in [0.05, 0.1) is 18.7 Å². The van der Waals surface area contributed by atoms with Gasteiger partial charge in [-0.3, -0.25) is 0 Å². The zero-order valence-corrected chi connectivity index (χ0v) is 7.83. The molecule has 0 spiro atoms. The maximum absolute atomic E-state index is 10.7. The Hall–Kier alpha value is -1.46. The van der Waals surface area contributed by atoms with Gasteiger partial charge < -0.3 is 14.7 Å². The number of methoxy groups -OCH3 is 1. The first-order valence-electron chi connectivity index (χ1n) is 4.22. The van der Waals surface area contributed by atoms with E-state index in [1.54, 1.807) is 0 Å². The van der Waals surface area contributed by atoms with Crippen LogP contribution < -0.4 is 0 Å². The summed E-state index contributed by atoms with van der Waals surface area (Å²) in [5, 5.41) is 12.3. The van der Waals surface area contributed by atoms with Gasteiger partial charge in [-0.2, -0.15) is 0 Å². The maximum Gasteiger partial charge on any atom is 0.407 e. The second kappa shape index (κ2) is 4.69. The number of carbonyl (C=O) groups is 1. The number of amides is 1. The number of carboxylic acid groups (broad SMARTS) is 1. The summed E-state index contributed by atoms with van der Waals surface area (Å²) in [5.41, 5.74) is 8.25. The first-order valence-corrected chi connectivity index (χ1v) is 4.22. The minimum Gasteiger partial charge on any atom is -0.465 e. The molecule has 0 radical (unpaired) electrons. The van der Waals surface area contributed by atoms with E-state index in [0.717, 1.165) is 0 Å². The first-order chi connectivity index (χ1) is 6.67. The second-order valence-corrected chi connectivity index (χ2v) is 3.14. The Morgan fingerprint density at radius 3 is 2.93 bits per heavy atom. The molecule has 14 heavy (non-hydrogen) atoms. The average molecular weight is 200 g/mol. The third-order valence-corrected chi connectivity index (χ3v) is 2.21. The average Bonchev–Trinajstić information content (AvgIpc) is 2.17. The van der Waals surface area contributed by atoms with Crippen LogP contribution in [0.5, 0.6) is 0 Å². The molecule has 0 aromatic rings. The van der Waals surface area contributed by atoms with Crippen LogP contribution in [0.15, 0.2) is 5.11 Å². The lowest BCUT2D eigenvalue weighted by Crippen LogP contribution is -2.47. The van der Waals surface area contributed by atoms with Crippen molar-refractivity contribution in [3.8, 4) is 0 Å². The summed E-state index contributed by atoms with van der Waals surface area (Å²) in [7, 11) is 1.52. The molecule has 1 fully saturated rings. The standard InChI is InChI=1S/C7H12N4O3/c1-14-6-2-5(9-10-8)3-11(4-6)7(12)13/h5-6H,2-4H2,1H3,(H,12,13). The zero-order valence-electron chi connectivity index (χ0n) is 7.83. The molecule has 78 valence electrons. The Labute approximate surface area is 80.9 Å². The summed E-state index contributed by atoms with van der Waals surface area (Å²) in [5.74, 6) is 0. The van der Waals surface area contributed by atoms with E-state index in [-0.39, 0.29) is 18.7 Å². The van der Waals surface area contributed by atoms with Crippen LogP contribution in [0.3, 0.4) is 0 Å². The fourth-order valence-corrected chi connectivity index (χ4v) is 1.51. The van der Waals surface area contributed by atoms with Gasteiger partial charge in [0.25, 0.3) is 0 Å². The van der Waals surface area contributed by atoms with Crippen molar-refractivity contribution in [1.29, 1.82) is 0 Å². The molecule has 1 N–H and O–H groups in total. The van der Waals surface area contributed by atoms with Gasteiger partial charge in [-0.05, 0) is 12.0 Å². The molecule has 1 amide bonds. The summed E-state index contributed by atoms with van der Waals surface area (Å²) in [6.45, 7) is 0.586. The van der Waals surface area contributed by atoms with E-state index < -0.39 is 6.09 Å². The normalized spacial score (nSPS) is 26.8. The molecule has 0 aliphatic carbocycles. The third-order valence-electron chi connectivity index (χ3n) is 2.21. The van der Waals surface area contributed by atoms with Crippen LogP contribution >= 0.6 is 0 Å². The molecule has 0 saturated carbocycles. The third kappa shape index (κ3) is 2.51.